The number of methoxy groups -OCH3 is 3. The zero-order chi connectivity index (χ0) is 34.4. The summed E-state index contributed by atoms with van der Waals surface area (Å²) < 4.78 is 62.4. The number of unbranched alkanes of at least 4 members (excludes halogenated alkanes) is 2. The van der Waals surface area contributed by atoms with E-state index in [1.165, 1.54) is 57.7 Å². The van der Waals surface area contributed by atoms with Gasteiger partial charge in [-0.05, 0) is 86.3 Å². The Morgan fingerprint density at radius 3 is 2.23 bits per heavy atom. The van der Waals surface area contributed by atoms with E-state index in [2.05, 4.69) is 9.71 Å². The Balaban J connectivity index is 1.51. The van der Waals surface area contributed by atoms with Crippen LogP contribution in [-0.2, 0) is 30.7 Å². The van der Waals surface area contributed by atoms with Crippen molar-refractivity contribution in [3.63, 3.8) is 0 Å². The maximum absolute atomic E-state index is 13.5. The van der Waals surface area contributed by atoms with Gasteiger partial charge in [-0.25, -0.2) is 13.2 Å². The number of hydrogen-bond donors (Lipinski definition) is 1. The van der Waals surface area contributed by atoms with Crippen molar-refractivity contribution >= 4 is 27.6 Å². The SMILES string of the molecule is COC(=O)c1cc(NS(=O)(=O)c2ccc(OC)cc2)c(Oc2ccccc2OC)c(OCCC(=O)OCCCCCc2ccccn2)c1. The highest BCUT2D eigenvalue weighted by Crippen LogP contribution is 2.43. The second-order valence-electron chi connectivity index (χ2n) is 10.3. The Hall–Kier alpha value is -5.30. The van der Waals surface area contributed by atoms with Crippen molar-refractivity contribution < 1.29 is 46.4 Å². The number of aryl methyl sites for hydroxylation is 1. The van der Waals surface area contributed by atoms with E-state index >= 15 is 0 Å². The maximum atomic E-state index is 13.5. The van der Waals surface area contributed by atoms with E-state index in [-0.39, 0.29) is 53.0 Å². The fourth-order valence-electron chi connectivity index (χ4n) is 4.53. The molecule has 1 aromatic heterocycles. The molecule has 0 unspecified atom stereocenters. The number of aromatic nitrogens is 1. The van der Waals surface area contributed by atoms with Crippen LogP contribution in [0.15, 0.2) is 90.0 Å². The standard InChI is InChI=1S/C35H38N2O10S/c1-42-27-15-17-28(18-16-27)48(40,41)37-29-23-25(35(39)44-3)24-32(34(29)47-31-14-7-6-13-30(31)43-2)45-22-19-33(38)46-21-10-4-5-11-26-12-8-9-20-36-26/h6-9,12-18,20,23-24,37H,4-5,10-11,19,21-22H2,1-3H3. The van der Waals surface area contributed by atoms with E-state index in [4.69, 9.17) is 28.4 Å². The first-order valence-electron chi connectivity index (χ1n) is 15.2. The van der Waals surface area contributed by atoms with Crippen LogP contribution in [0.2, 0.25) is 0 Å². The Bertz CT molecular complexity index is 1760. The molecule has 4 rings (SSSR count). The minimum atomic E-state index is -4.20. The van der Waals surface area contributed by atoms with Crippen LogP contribution in [0, 0.1) is 0 Å². The van der Waals surface area contributed by atoms with Crippen molar-refractivity contribution in [2.24, 2.45) is 0 Å². The molecule has 0 aliphatic rings. The van der Waals surface area contributed by atoms with Gasteiger partial charge in [0.05, 0.1) is 57.1 Å². The van der Waals surface area contributed by atoms with Crippen LogP contribution in [0.3, 0.4) is 0 Å². The molecule has 1 N–H and O–H groups in total. The summed E-state index contributed by atoms with van der Waals surface area (Å²) in [5.41, 5.74) is 0.872. The van der Waals surface area contributed by atoms with Crippen molar-refractivity contribution in [3.8, 4) is 28.7 Å². The molecule has 254 valence electrons. The van der Waals surface area contributed by atoms with E-state index in [1.54, 1.807) is 30.5 Å². The topological polar surface area (TPSA) is 149 Å². The summed E-state index contributed by atoms with van der Waals surface area (Å²) in [7, 11) is -0.0863. The highest BCUT2D eigenvalue weighted by Gasteiger charge is 2.24. The van der Waals surface area contributed by atoms with E-state index in [1.807, 2.05) is 18.2 Å². The largest absolute Gasteiger partial charge is 0.497 e. The zero-order valence-corrected chi connectivity index (χ0v) is 27.8. The second kappa shape index (κ2) is 17.6. The Kier molecular flexibility index (Phi) is 13.0. The molecule has 1 heterocycles. The number of carbonyl (C=O) groups is 2. The molecule has 0 saturated carbocycles. The average molecular weight is 679 g/mol. The van der Waals surface area contributed by atoms with Gasteiger partial charge < -0.3 is 28.4 Å². The van der Waals surface area contributed by atoms with Gasteiger partial charge in [0.1, 0.15) is 5.75 Å². The third-order valence-corrected chi connectivity index (χ3v) is 8.38. The summed E-state index contributed by atoms with van der Waals surface area (Å²) in [4.78, 5) is 29.4. The monoisotopic (exact) mass is 678 g/mol. The lowest BCUT2D eigenvalue weighted by Crippen LogP contribution is -2.16. The van der Waals surface area contributed by atoms with Gasteiger partial charge in [-0.2, -0.15) is 0 Å². The molecule has 48 heavy (non-hydrogen) atoms. The highest BCUT2D eigenvalue weighted by atomic mass is 32.2. The van der Waals surface area contributed by atoms with Crippen molar-refractivity contribution in [1.29, 1.82) is 0 Å². The summed E-state index contributed by atoms with van der Waals surface area (Å²) in [6.07, 6.45) is 5.00. The van der Waals surface area contributed by atoms with Gasteiger partial charge in [0, 0.05) is 11.9 Å². The van der Waals surface area contributed by atoms with Crippen LogP contribution < -0.4 is 23.7 Å². The molecule has 0 amide bonds. The first kappa shape index (κ1) is 35.6. The summed E-state index contributed by atoms with van der Waals surface area (Å²) >= 11 is 0. The molecule has 0 aliphatic carbocycles. The lowest BCUT2D eigenvalue weighted by Gasteiger charge is -2.19. The number of anilines is 1. The van der Waals surface area contributed by atoms with Crippen molar-refractivity contribution in [1.82, 2.24) is 4.98 Å². The number of hydrogen-bond acceptors (Lipinski definition) is 11. The zero-order valence-electron chi connectivity index (χ0n) is 27.0. The molecule has 0 aliphatic heterocycles. The summed E-state index contributed by atoms with van der Waals surface area (Å²) in [6, 6.07) is 20.9. The van der Waals surface area contributed by atoms with Gasteiger partial charge in [-0.15, -0.1) is 0 Å². The first-order valence-corrected chi connectivity index (χ1v) is 16.6. The highest BCUT2D eigenvalue weighted by molar-refractivity contribution is 7.92. The second-order valence-corrected chi connectivity index (χ2v) is 12.0. The lowest BCUT2D eigenvalue weighted by molar-refractivity contribution is -0.144. The Morgan fingerprint density at radius 1 is 0.792 bits per heavy atom. The smallest absolute Gasteiger partial charge is 0.338 e. The van der Waals surface area contributed by atoms with Crippen LogP contribution in [0.25, 0.3) is 0 Å². The summed E-state index contributed by atoms with van der Waals surface area (Å²) in [5, 5.41) is 0. The van der Waals surface area contributed by atoms with Gasteiger partial charge in [-0.1, -0.05) is 18.2 Å². The molecule has 0 atom stereocenters. The van der Waals surface area contributed by atoms with Crippen molar-refractivity contribution in [2.45, 2.75) is 37.0 Å². The number of pyridine rings is 1. The number of carbonyl (C=O) groups excluding carboxylic acids is 2. The van der Waals surface area contributed by atoms with Crippen molar-refractivity contribution in [2.75, 3.05) is 39.3 Å². The molecular weight excluding hydrogens is 640 g/mol. The van der Waals surface area contributed by atoms with Crippen LogP contribution in [0.4, 0.5) is 5.69 Å². The summed E-state index contributed by atoms with van der Waals surface area (Å²) in [5.74, 6) is -0.274. The predicted molar refractivity (Wildman–Crippen MR) is 178 cm³/mol. The van der Waals surface area contributed by atoms with Crippen LogP contribution in [0.1, 0.15) is 41.7 Å². The molecule has 0 fully saturated rings. The minimum absolute atomic E-state index is 0.0272. The number of esters is 2. The fourth-order valence-corrected chi connectivity index (χ4v) is 5.58. The number of rotatable bonds is 18. The fraction of sp³-hybridized carbons (Fsp3) is 0.286. The van der Waals surface area contributed by atoms with Crippen molar-refractivity contribution in [3.05, 3.63) is 96.3 Å². The molecule has 0 spiro atoms. The number of ether oxygens (including phenoxy) is 6. The predicted octanol–water partition coefficient (Wildman–Crippen LogP) is 6.20. The van der Waals surface area contributed by atoms with Gasteiger partial charge >= 0.3 is 11.9 Å². The van der Waals surface area contributed by atoms with Gasteiger partial charge in [-0.3, -0.25) is 14.5 Å². The van der Waals surface area contributed by atoms with E-state index in [0.29, 0.717) is 17.9 Å². The van der Waals surface area contributed by atoms with E-state index in [9.17, 15) is 18.0 Å². The Labute approximate surface area is 280 Å². The number of nitrogens with one attached hydrogen (secondary N) is 1. The minimum Gasteiger partial charge on any atom is -0.497 e. The van der Waals surface area contributed by atoms with Crippen LogP contribution in [0.5, 0.6) is 28.7 Å². The Morgan fingerprint density at radius 2 is 1.54 bits per heavy atom. The lowest BCUT2D eigenvalue weighted by atomic mass is 10.1. The molecule has 0 bridgehead atoms. The average Bonchev–Trinajstić information content (AvgIpc) is 3.11. The normalized spacial score (nSPS) is 10.9. The quantitative estimate of drug-likeness (QED) is 0.0947. The molecule has 0 saturated heterocycles. The van der Waals surface area contributed by atoms with Crippen LogP contribution >= 0.6 is 0 Å². The molecular formula is C35H38N2O10S. The number of nitrogens with zero attached hydrogens (tertiary/aromatic N) is 1. The van der Waals surface area contributed by atoms with Gasteiger partial charge in [0.25, 0.3) is 10.0 Å². The van der Waals surface area contributed by atoms with Gasteiger partial charge in [0.15, 0.2) is 23.0 Å². The third kappa shape index (κ3) is 10.1. The first-order chi connectivity index (χ1) is 23.2. The van der Waals surface area contributed by atoms with Crippen LogP contribution in [-0.4, -0.2) is 59.9 Å². The van der Waals surface area contributed by atoms with Gasteiger partial charge in [0.2, 0.25) is 0 Å². The molecule has 3 aromatic carbocycles. The molecule has 13 heteroatoms. The summed E-state index contributed by atoms with van der Waals surface area (Å²) in [6.45, 7) is 0.106. The molecule has 12 nitrogen and oxygen atoms in total. The molecule has 4 aromatic rings. The third-order valence-electron chi connectivity index (χ3n) is 7.00. The molecule has 0 radical (unpaired) electrons. The van der Waals surface area contributed by atoms with E-state index in [0.717, 1.165) is 25.0 Å². The van der Waals surface area contributed by atoms with E-state index < -0.39 is 22.0 Å². The number of sulfonamides is 1. The number of para-hydroxylation sites is 2. The maximum Gasteiger partial charge on any atom is 0.338 e. The number of benzene rings is 3.